The van der Waals surface area contributed by atoms with Crippen LogP contribution in [0.1, 0.15) is 23.6 Å². The summed E-state index contributed by atoms with van der Waals surface area (Å²) < 4.78 is 5.59. The van der Waals surface area contributed by atoms with Gasteiger partial charge >= 0.3 is 0 Å². The van der Waals surface area contributed by atoms with Crippen LogP contribution in [0.5, 0.6) is 5.75 Å². The molecule has 1 N–H and O–H groups in total. The smallest absolute Gasteiger partial charge is 0.272 e. The largest absolute Gasteiger partial charge is 0.481 e. The molecule has 2 aromatic rings. The molecule has 0 aliphatic heterocycles. The molecule has 0 bridgehead atoms. The van der Waals surface area contributed by atoms with Crippen molar-refractivity contribution in [2.24, 2.45) is 0 Å². The number of benzene rings is 2. The second-order valence-corrected chi connectivity index (χ2v) is 5.77. The Hall–Kier alpha value is -2.89. The van der Waals surface area contributed by atoms with Gasteiger partial charge in [0.2, 0.25) is 0 Å². The van der Waals surface area contributed by atoms with Gasteiger partial charge < -0.3 is 10.1 Å². The van der Waals surface area contributed by atoms with E-state index in [4.69, 9.17) is 4.74 Å². The van der Waals surface area contributed by atoms with E-state index in [1.54, 1.807) is 19.9 Å². The maximum Gasteiger partial charge on any atom is 0.272 e. The van der Waals surface area contributed by atoms with E-state index in [0.717, 1.165) is 16.8 Å². The number of nitrogens with zero attached hydrogens (tertiary/aromatic N) is 1. The van der Waals surface area contributed by atoms with Crippen molar-refractivity contribution in [3.05, 3.63) is 63.2 Å². The maximum absolute atomic E-state index is 12.3. The lowest BCUT2D eigenvalue weighted by molar-refractivity contribution is -0.385. The van der Waals surface area contributed by atoms with E-state index in [1.807, 2.05) is 32.0 Å². The minimum Gasteiger partial charge on any atom is -0.481 e. The second-order valence-electron chi connectivity index (χ2n) is 5.77. The summed E-state index contributed by atoms with van der Waals surface area (Å²) in [5, 5.41) is 13.7. The highest BCUT2D eigenvalue weighted by Crippen LogP contribution is 2.24. The molecule has 0 aliphatic rings. The molecule has 2 aromatic carbocycles. The van der Waals surface area contributed by atoms with Crippen LogP contribution in [0.15, 0.2) is 36.4 Å². The van der Waals surface area contributed by atoms with Crippen molar-refractivity contribution < 1.29 is 14.5 Å². The fourth-order valence-corrected chi connectivity index (χ4v) is 2.35. The summed E-state index contributed by atoms with van der Waals surface area (Å²) in [6.07, 6.45) is -0.730. The van der Waals surface area contributed by atoms with Gasteiger partial charge in [-0.3, -0.25) is 14.9 Å². The average molecular weight is 328 g/mol. The minimum absolute atomic E-state index is 0.0229. The molecule has 0 radical (unpaired) electrons. The van der Waals surface area contributed by atoms with Crippen LogP contribution in [-0.4, -0.2) is 16.9 Å². The summed E-state index contributed by atoms with van der Waals surface area (Å²) in [4.78, 5) is 22.6. The van der Waals surface area contributed by atoms with E-state index in [-0.39, 0.29) is 11.6 Å². The summed E-state index contributed by atoms with van der Waals surface area (Å²) in [5.41, 5.74) is 3.34. The van der Waals surface area contributed by atoms with E-state index in [2.05, 4.69) is 5.32 Å². The highest BCUT2D eigenvalue weighted by molar-refractivity contribution is 5.94. The zero-order chi connectivity index (χ0) is 17.9. The third-order valence-electron chi connectivity index (χ3n) is 3.69. The van der Waals surface area contributed by atoms with Crippen LogP contribution in [0.25, 0.3) is 0 Å². The van der Waals surface area contributed by atoms with Gasteiger partial charge in [-0.2, -0.15) is 0 Å². The highest BCUT2D eigenvalue weighted by Gasteiger charge is 2.17. The molecule has 2 rings (SSSR count). The van der Waals surface area contributed by atoms with Crippen LogP contribution in [0, 0.1) is 30.9 Å². The predicted molar refractivity (Wildman–Crippen MR) is 92.5 cm³/mol. The maximum atomic E-state index is 12.3. The topological polar surface area (TPSA) is 81.5 Å². The van der Waals surface area contributed by atoms with Crippen molar-refractivity contribution in [3.8, 4) is 5.75 Å². The number of hydrogen-bond donors (Lipinski definition) is 1. The molecule has 0 unspecified atom stereocenters. The van der Waals surface area contributed by atoms with E-state index >= 15 is 0 Å². The van der Waals surface area contributed by atoms with E-state index < -0.39 is 11.0 Å². The lowest BCUT2D eigenvalue weighted by Gasteiger charge is -2.16. The number of carbonyl (C=O) groups excluding carboxylic acids is 1. The Morgan fingerprint density at radius 2 is 1.83 bits per heavy atom. The molecular weight excluding hydrogens is 308 g/mol. The standard InChI is InChI=1S/C18H20N2O4/c1-11-5-7-16(12(2)9-11)19-18(21)14(4)24-15-6-8-17(20(22)23)13(3)10-15/h5-10,14H,1-4H3,(H,19,21)/t14-/m1/s1. The van der Waals surface area contributed by atoms with Crippen molar-refractivity contribution >= 4 is 17.3 Å². The minimum atomic E-state index is -0.730. The monoisotopic (exact) mass is 328 g/mol. The number of hydrogen-bond acceptors (Lipinski definition) is 4. The number of nitro groups is 1. The SMILES string of the molecule is Cc1ccc(NC(=O)[C@@H](C)Oc2ccc([N+](=O)[O-])c(C)c2)c(C)c1. The predicted octanol–water partition coefficient (Wildman–Crippen LogP) is 3.93. The third-order valence-corrected chi connectivity index (χ3v) is 3.69. The Morgan fingerprint density at radius 1 is 1.12 bits per heavy atom. The van der Waals surface area contributed by atoms with Gasteiger partial charge in [0.05, 0.1) is 4.92 Å². The molecule has 0 aliphatic carbocycles. The zero-order valence-corrected chi connectivity index (χ0v) is 14.1. The fourth-order valence-electron chi connectivity index (χ4n) is 2.35. The Bertz CT molecular complexity index is 787. The van der Waals surface area contributed by atoms with Crippen molar-refractivity contribution in [2.75, 3.05) is 5.32 Å². The van der Waals surface area contributed by atoms with Crippen LogP contribution in [-0.2, 0) is 4.79 Å². The molecule has 0 saturated carbocycles. The third kappa shape index (κ3) is 4.10. The quantitative estimate of drug-likeness (QED) is 0.666. The molecule has 0 heterocycles. The number of carbonyl (C=O) groups is 1. The van der Waals surface area contributed by atoms with Gasteiger partial charge in [-0.15, -0.1) is 0 Å². The molecule has 0 fully saturated rings. The first-order chi connectivity index (χ1) is 11.3. The summed E-state index contributed by atoms with van der Waals surface area (Å²) >= 11 is 0. The first kappa shape index (κ1) is 17.5. The van der Waals surface area contributed by atoms with Gasteiger partial charge in [0.15, 0.2) is 6.10 Å². The molecular formula is C18H20N2O4. The lowest BCUT2D eigenvalue weighted by Crippen LogP contribution is -2.30. The Balaban J connectivity index is 2.06. The van der Waals surface area contributed by atoms with E-state index in [0.29, 0.717) is 11.3 Å². The van der Waals surface area contributed by atoms with Crippen LogP contribution < -0.4 is 10.1 Å². The van der Waals surface area contributed by atoms with E-state index in [1.165, 1.54) is 12.1 Å². The molecule has 0 aromatic heterocycles. The van der Waals surface area contributed by atoms with Gasteiger partial charge in [-0.1, -0.05) is 17.7 Å². The van der Waals surface area contributed by atoms with Gasteiger partial charge in [0.25, 0.3) is 11.6 Å². The van der Waals surface area contributed by atoms with Crippen LogP contribution in [0.3, 0.4) is 0 Å². The van der Waals surface area contributed by atoms with Crippen molar-refractivity contribution in [3.63, 3.8) is 0 Å². The molecule has 6 nitrogen and oxygen atoms in total. The van der Waals surface area contributed by atoms with Crippen molar-refractivity contribution in [2.45, 2.75) is 33.8 Å². The molecule has 0 saturated heterocycles. The summed E-state index contributed by atoms with van der Waals surface area (Å²) in [6.45, 7) is 7.18. The van der Waals surface area contributed by atoms with Crippen LogP contribution >= 0.6 is 0 Å². The molecule has 1 amide bonds. The highest BCUT2D eigenvalue weighted by atomic mass is 16.6. The fraction of sp³-hybridized carbons (Fsp3) is 0.278. The Kier molecular flexibility index (Phi) is 5.18. The first-order valence-corrected chi connectivity index (χ1v) is 7.57. The molecule has 6 heteroatoms. The van der Waals surface area contributed by atoms with Gasteiger partial charge in [0, 0.05) is 17.3 Å². The Morgan fingerprint density at radius 3 is 2.42 bits per heavy atom. The van der Waals surface area contributed by atoms with Crippen LogP contribution in [0.2, 0.25) is 0 Å². The second kappa shape index (κ2) is 7.12. The number of anilines is 1. The first-order valence-electron chi connectivity index (χ1n) is 7.57. The molecule has 0 spiro atoms. The van der Waals surface area contributed by atoms with Gasteiger partial charge in [-0.25, -0.2) is 0 Å². The molecule has 126 valence electrons. The number of amides is 1. The number of aryl methyl sites for hydroxylation is 3. The summed E-state index contributed by atoms with van der Waals surface area (Å²) in [7, 11) is 0. The van der Waals surface area contributed by atoms with Gasteiger partial charge in [-0.05, 0) is 51.5 Å². The number of ether oxygens (including phenoxy) is 1. The Labute approximate surface area is 140 Å². The normalized spacial score (nSPS) is 11.7. The number of rotatable bonds is 5. The lowest BCUT2D eigenvalue weighted by atomic mass is 10.1. The summed E-state index contributed by atoms with van der Waals surface area (Å²) in [5.74, 6) is 0.138. The average Bonchev–Trinajstić information content (AvgIpc) is 2.49. The van der Waals surface area contributed by atoms with Gasteiger partial charge in [0.1, 0.15) is 5.75 Å². The van der Waals surface area contributed by atoms with Crippen molar-refractivity contribution in [1.82, 2.24) is 0 Å². The summed E-state index contributed by atoms with van der Waals surface area (Å²) in [6, 6.07) is 10.2. The van der Waals surface area contributed by atoms with Crippen LogP contribution in [0.4, 0.5) is 11.4 Å². The number of nitro benzene ring substituents is 1. The molecule has 1 atom stereocenters. The van der Waals surface area contributed by atoms with E-state index in [9.17, 15) is 14.9 Å². The molecule has 24 heavy (non-hydrogen) atoms. The number of nitrogens with one attached hydrogen (secondary N) is 1. The zero-order valence-electron chi connectivity index (χ0n) is 14.1. The van der Waals surface area contributed by atoms with Crippen molar-refractivity contribution in [1.29, 1.82) is 0 Å².